The monoisotopic (exact) mass is 452 g/mol. The SMILES string of the molecule is Cc1cc(OCCCC2CCN(c3ncc(C(C)C)cn3)CC2)cc(C)c1C(=O)NC(C)C. The highest BCUT2D eigenvalue weighted by Gasteiger charge is 2.21. The number of amides is 1. The summed E-state index contributed by atoms with van der Waals surface area (Å²) in [6.45, 7) is 15.0. The van der Waals surface area contributed by atoms with Gasteiger partial charge in [0, 0.05) is 37.1 Å². The molecule has 1 fully saturated rings. The van der Waals surface area contributed by atoms with Gasteiger partial charge in [0.05, 0.1) is 6.61 Å². The zero-order valence-electron chi connectivity index (χ0n) is 21.1. The Balaban J connectivity index is 1.41. The molecule has 6 nitrogen and oxygen atoms in total. The van der Waals surface area contributed by atoms with Crippen LogP contribution in [0.4, 0.5) is 5.95 Å². The topological polar surface area (TPSA) is 67.3 Å². The molecular weight excluding hydrogens is 412 g/mol. The van der Waals surface area contributed by atoms with Crippen LogP contribution in [-0.4, -0.2) is 41.6 Å². The zero-order chi connectivity index (χ0) is 24.0. The average Bonchev–Trinajstić information content (AvgIpc) is 2.76. The number of carbonyl (C=O) groups is 1. The van der Waals surface area contributed by atoms with Gasteiger partial charge in [0.25, 0.3) is 5.91 Å². The van der Waals surface area contributed by atoms with Crippen LogP contribution in [0, 0.1) is 19.8 Å². The first-order chi connectivity index (χ1) is 15.7. The summed E-state index contributed by atoms with van der Waals surface area (Å²) in [5, 5.41) is 2.98. The first-order valence-electron chi connectivity index (χ1n) is 12.4. The van der Waals surface area contributed by atoms with E-state index in [0.29, 0.717) is 12.5 Å². The summed E-state index contributed by atoms with van der Waals surface area (Å²) in [4.78, 5) is 23.9. The van der Waals surface area contributed by atoms with E-state index in [1.54, 1.807) is 0 Å². The van der Waals surface area contributed by atoms with E-state index in [0.717, 1.165) is 53.8 Å². The van der Waals surface area contributed by atoms with Crippen LogP contribution in [-0.2, 0) is 0 Å². The van der Waals surface area contributed by atoms with Gasteiger partial charge in [-0.15, -0.1) is 0 Å². The first kappa shape index (κ1) is 25.0. The minimum Gasteiger partial charge on any atom is -0.494 e. The fourth-order valence-electron chi connectivity index (χ4n) is 4.48. The number of piperidine rings is 1. The van der Waals surface area contributed by atoms with Gasteiger partial charge in [0.1, 0.15) is 5.75 Å². The van der Waals surface area contributed by atoms with Crippen molar-refractivity contribution in [2.45, 2.75) is 79.2 Å². The Kier molecular flexibility index (Phi) is 8.70. The van der Waals surface area contributed by atoms with Crippen molar-refractivity contribution in [2.75, 3.05) is 24.6 Å². The molecule has 1 aromatic heterocycles. The smallest absolute Gasteiger partial charge is 0.252 e. The van der Waals surface area contributed by atoms with E-state index in [1.165, 1.54) is 24.8 Å². The van der Waals surface area contributed by atoms with Gasteiger partial charge in [-0.2, -0.15) is 0 Å². The molecule has 0 bridgehead atoms. The van der Waals surface area contributed by atoms with Gasteiger partial charge in [0.2, 0.25) is 5.95 Å². The maximum absolute atomic E-state index is 12.4. The quantitative estimate of drug-likeness (QED) is 0.514. The number of anilines is 1. The molecule has 33 heavy (non-hydrogen) atoms. The second-order valence-electron chi connectivity index (χ2n) is 9.95. The van der Waals surface area contributed by atoms with Crippen molar-refractivity contribution in [2.24, 2.45) is 5.92 Å². The maximum Gasteiger partial charge on any atom is 0.252 e. The molecule has 3 rings (SSSR count). The Morgan fingerprint density at radius 1 is 1.09 bits per heavy atom. The van der Waals surface area contributed by atoms with Crippen LogP contribution in [0.3, 0.4) is 0 Å². The average molecular weight is 453 g/mol. The third-order valence-electron chi connectivity index (χ3n) is 6.40. The summed E-state index contributed by atoms with van der Waals surface area (Å²) in [7, 11) is 0. The van der Waals surface area contributed by atoms with Crippen LogP contribution in [0.15, 0.2) is 24.5 Å². The molecule has 0 spiro atoms. The highest BCUT2D eigenvalue weighted by Crippen LogP contribution is 2.26. The van der Waals surface area contributed by atoms with Crippen LogP contribution in [0.25, 0.3) is 0 Å². The Morgan fingerprint density at radius 2 is 1.70 bits per heavy atom. The minimum atomic E-state index is -0.0147. The van der Waals surface area contributed by atoms with Crippen molar-refractivity contribution in [3.05, 3.63) is 46.8 Å². The fraction of sp³-hybridized carbons (Fsp3) is 0.593. The Morgan fingerprint density at radius 3 is 2.24 bits per heavy atom. The predicted octanol–water partition coefficient (Wildman–Crippen LogP) is 5.43. The van der Waals surface area contributed by atoms with Gasteiger partial charge >= 0.3 is 0 Å². The second kappa shape index (κ2) is 11.5. The number of ether oxygens (including phenoxy) is 1. The largest absolute Gasteiger partial charge is 0.494 e. The molecule has 1 N–H and O–H groups in total. The van der Waals surface area contributed by atoms with Crippen LogP contribution >= 0.6 is 0 Å². The van der Waals surface area contributed by atoms with Gasteiger partial charge < -0.3 is 15.0 Å². The number of aromatic nitrogens is 2. The molecule has 2 heterocycles. The van der Waals surface area contributed by atoms with Crippen LogP contribution < -0.4 is 15.0 Å². The number of nitrogens with one attached hydrogen (secondary N) is 1. The van der Waals surface area contributed by atoms with Crippen molar-refractivity contribution in [1.29, 1.82) is 0 Å². The third kappa shape index (κ3) is 6.92. The van der Waals surface area contributed by atoms with Crippen molar-refractivity contribution in [3.8, 4) is 5.75 Å². The standard InChI is InChI=1S/C27H40N4O2/c1-18(2)23-16-28-27(29-17-23)31-11-9-22(10-12-31)8-7-13-33-24-14-20(5)25(21(6)15-24)26(32)30-19(3)4/h14-19,22H,7-13H2,1-6H3,(H,30,32). The third-order valence-corrected chi connectivity index (χ3v) is 6.40. The molecule has 1 aliphatic heterocycles. The van der Waals surface area contributed by atoms with Gasteiger partial charge in [0.15, 0.2) is 0 Å². The molecule has 0 unspecified atom stereocenters. The number of benzene rings is 1. The van der Waals surface area contributed by atoms with Crippen LogP contribution in [0.1, 0.15) is 86.3 Å². The molecule has 1 aliphatic rings. The molecular formula is C27H40N4O2. The molecule has 6 heteroatoms. The summed E-state index contributed by atoms with van der Waals surface area (Å²) >= 11 is 0. The number of carbonyl (C=O) groups excluding carboxylic acids is 1. The number of hydrogen-bond acceptors (Lipinski definition) is 5. The maximum atomic E-state index is 12.4. The lowest BCUT2D eigenvalue weighted by Crippen LogP contribution is -2.35. The Bertz CT molecular complexity index is 893. The van der Waals surface area contributed by atoms with Crippen LogP contribution in [0.5, 0.6) is 5.75 Å². The van der Waals surface area contributed by atoms with E-state index >= 15 is 0 Å². The summed E-state index contributed by atoms with van der Waals surface area (Å²) in [5.41, 5.74) is 3.86. The Labute approximate surface area is 199 Å². The van der Waals surface area contributed by atoms with Crippen molar-refractivity contribution in [1.82, 2.24) is 15.3 Å². The molecule has 0 saturated carbocycles. The number of rotatable bonds is 9. The van der Waals surface area contributed by atoms with E-state index in [2.05, 4.69) is 34.0 Å². The summed E-state index contributed by atoms with van der Waals surface area (Å²) in [6, 6.07) is 4.08. The highest BCUT2D eigenvalue weighted by atomic mass is 16.5. The summed E-state index contributed by atoms with van der Waals surface area (Å²) in [6.07, 6.45) is 8.48. The lowest BCUT2D eigenvalue weighted by atomic mass is 9.92. The number of aryl methyl sites for hydroxylation is 2. The lowest BCUT2D eigenvalue weighted by Gasteiger charge is -2.32. The van der Waals surface area contributed by atoms with E-state index < -0.39 is 0 Å². The van der Waals surface area contributed by atoms with Gasteiger partial charge in [-0.1, -0.05) is 13.8 Å². The van der Waals surface area contributed by atoms with Gasteiger partial charge in [-0.25, -0.2) is 9.97 Å². The van der Waals surface area contributed by atoms with E-state index in [4.69, 9.17) is 4.74 Å². The molecule has 0 radical (unpaired) electrons. The first-order valence-corrected chi connectivity index (χ1v) is 12.4. The zero-order valence-corrected chi connectivity index (χ0v) is 21.1. The molecule has 1 saturated heterocycles. The molecule has 0 atom stereocenters. The van der Waals surface area contributed by atoms with E-state index in [9.17, 15) is 4.79 Å². The second-order valence-corrected chi connectivity index (χ2v) is 9.95. The summed E-state index contributed by atoms with van der Waals surface area (Å²) in [5.74, 6) is 2.88. The van der Waals surface area contributed by atoms with Crippen LogP contribution in [0.2, 0.25) is 0 Å². The normalized spacial score (nSPS) is 14.7. The van der Waals surface area contributed by atoms with Crippen molar-refractivity contribution in [3.63, 3.8) is 0 Å². The van der Waals surface area contributed by atoms with Gasteiger partial charge in [-0.05, 0) is 94.0 Å². The molecule has 1 aromatic carbocycles. The Hall–Kier alpha value is -2.63. The highest BCUT2D eigenvalue weighted by molar-refractivity contribution is 5.97. The molecule has 180 valence electrons. The van der Waals surface area contributed by atoms with Gasteiger partial charge in [-0.3, -0.25) is 4.79 Å². The van der Waals surface area contributed by atoms with E-state index in [1.807, 2.05) is 52.2 Å². The summed E-state index contributed by atoms with van der Waals surface area (Å²) < 4.78 is 6.03. The fourth-order valence-corrected chi connectivity index (χ4v) is 4.48. The molecule has 2 aromatic rings. The predicted molar refractivity (Wildman–Crippen MR) is 134 cm³/mol. The van der Waals surface area contributed by atoms with Crippen molar-refractivity contribution < 1.29 is 9.53 Å². The molecule has 0 aliphatic carbocycles. The minimum absolute atomic E-state index is 0.0147. The van der Waals surface area contributed by atoms with E-state index in [-0.39, 0.29) is 11.9 Å². The lowest BCUT2D eigenvalue weighted by molar-refractivity contribution is 0.0942. The number of nitrogens with zero attached hydrogens (tertiary/aromatic N) is 3. The molecule has 1 amide bonds. The van der Waals surface area contributed by atoms with Crippen molar-refractivity contribution >= 4 is 11.9 Å². The number of hydrogen-bond donors (Lipinski definition) is 1.